The molecule has 2 aromatic carbocycles. The van der Waals surface area contributed by atoms with Crippen molar-refractivity contribution < 1.29 is 33.7 Å². The Morgan fingerprint density at radius 1 is 1.08 bits per heavy atom. The molecule has 1 aromatic heterocycles. The number of hydrogen-bond acceptors (Lipinski definition) is 8. The van der Waals surface area contributed by atoms with Crippen LogP contribution in [0, 0.1) is 0 Å². The SMILES string of the molecule is COC(=O)c1c(O)ccc2oc3cc(COC(C)=O)cc(O)c3c(=O)c12. The van der Waals surface area contributed by atoms with Crippen molar-refractivity contribution in [2.75, 3.05) is 7.11 Å². The molecule has 0 amide bonds. The Morgan fingerprint density at radius 3 is 2.46 bits per heavy atom. The van der Waals surface area contributed by atoms with Gasteiger partial charge in [-0.3, -0.25) is 9.59 Å². The number of rotatable bonds is 3. The molecule has 0 aliphatic carbocycles. The van der Waals surface area contributed by atoms with Crippen LogP contribution in [0.2, 0.25) is 0 Å². The Labute approximate surface area is 146 Å². The van der Waals surface area contributed by atoms with Crippen LogP contribution in [0.3, 0.4) is 0 Å². The van der Waals surface area contributed by atoms with Crippen LogP contribution in [-0.2, 0) is 20.9 Å². The van der Waals surface area contributed by atoms with E-state index in [4.69, 9.17) is 9.15 Å². The number of aromatic hydroxyl groups is 2. The first-order valence-electron chi connectivity index (χ1n) is 7.49. The van der Waals surface area contributed by atoms with Gasteiger partial charge in [0.05, 0.1) is 12.5 Å². The third kappa shape index (κ3) is 2.81. The van der Waals surface area contributed by atoms with Crippen LogP contribution < -0.4 is 5.43 Å². The molecule has 2 N–H and O–H groups in total. The topological polar surface area (TPSA) is 123 Å². The number of benzene rings is 2. The number of hydrogen-bond donors (Lipinski definition) is 2. The Bertz CT molecular complexity index is 1110. The first kappa shape index (κ1) is 17.3. The third-order valence-electron chi connectivity index (χ3n) is 3.79. The number of phenols is 2. The number of phenolic OH excluding ortho intramolecular Hbond substituents is 2. The molecule has 8 nitrogen and oxygen atoms in total. The minimum atomic E-state index is -0.911. The van der Waals surface area contributed by atoms with Gasteiger partial charge < -0.3 is 24.1 Å². The highest BCUT2D eigenvalue weighted by Crippen LogP contribution is 2.31. The monoisotopic (exact) mass is 358 g/mol. The summed E-state index contributed by atoms with van der Waals surface area (Å²) in [7, 11) is 1.11. The summed E-state index contributed by atoms with van der Waals surface area (Å²) in [5.74, 6) is -2.25. The van der Waals surface area contributed by atoms with Crippen LogP contribution >= 0.6 is 0 Å². The molecule has 8 heteroatoms. The summed E-state index contributed by atoms with van der Waals surface area (Å²) in [5, 5.41) is 19.8. The second-order valence-electron chi connectivity index (χ2n) is 5.52. The number of carbonyl (C=O) groups is 2. The molecule has 26 heavy (non-hydrogen) atoms. The van der Waals surface area contributed by atoms with Crippen molar-refractivity contribution in [1.82, 2.24) is 0 Å². The zero-order valence-electron chi connectivity index (χ0n) is 13.9. The van der Waals surface area contributed by atoms with Gasteiger partial charge in [-0.25, -0.2) is 4.79 Å². The van der Waals surface area contributed by atoms with E-state index < -0.39 is 28.9 Å². The van der Waals surface area contributed by atoms with Crippen LogP contribution in [0.15, 0.2) is 33.5 Å². The van der Waals surface area contributed by atoms with Gasteiger partial charge in [-0.05, 0) is 29.8 Å². The lowest BCUT2D eigenvalue weighted by molar-refractivity contribution is -0.142. The Morgan fingerprint density at radius 2 is 1.81 bits per heavy atom. The Balaban J connectivity index is 2.34. The van der Waals surface area contributed by atoms with Gasteiger partial charge in [0.15, 0.2) is 0 Å². The summed E-state index contributed by atoms with van der Waals surface area (Å²) in [6, 6.07) is 5.23. The minimum absolute atomic E-state index is 0.0322. The second kappa shape index (κ2) is 6.40. The third-order valence-corrected chi connectivity index (χ3v) is 3.79. The number of ether oxygens (including phenoxy) is 2. The van der Waals surface area contributed by atoms with Gasteiger partial charge in [0.2, 0.25) is 5.43 Å². The van der Waals surface area contributed by atoms with Crippen molar-refractivity contribution in [3.63, 3.8) is 0 Å². The van der Waals surface area contributed by atoms with E-state index in [1.165, 1.54) is 31.2 Å². The number of fused-ring (bicyclic) bond motifs is 2. The lowest BCUT2D eigenvalue weighted by atomic mass is 10.0. The average Bonchev–Trinajstić information content (AvgIpc) is 2.59. The fourth-order valence-corrected chi connectivity index (χ4v) is 2.67. The van der Waals surface area contributed by atoms with Crippen molar-refractivity contribution in [2.24, 2.45) is 0 Å². The standard InChI is InChI=1S/C18H14O8/c1-8(19)25-7-9-5-11(21)14-13(6-9)26-12-4-3-10(20)15(18(23)24-2)16(12)17(14)22/h3-6,20-21H,7H2,1-2H3. The van der Waals surface area contributed by atoms with Crippen molar-refractivity contribution in [3.8, 4) is 11.5 Å². The van der Waals surface area contributed by atoms with E-state index >= 15 is 0 Å². The van der Waals surface area contributed by atoms with Gasteiger partial charge in [0.1, 0.15) is 40.2 Å². The molecule has 134 valence electrons. The molecule has 0 bridgehead atoms. The van der Waals surface area contributed by atoms with Crippen LogP contribution in [-0.4, -0.2) is 29.3 Å². The van der Waals surface area contributed by atoms with Gasteiger partial charge in [0.25, 0.3) is 0 Å². The quantitative estimate of drug-likeness (QED) is 0.539. The van der Waals surface area contributed by atoms with Gasteiger partial charge in [-0.15, -0.1) is 0 Å². The van der Waals surface area contributed by atoms with Crippen molar-refractivity contribution in [2.45, 2.75) is 13.5 Å². The van der Waals surface area contributed by atoms with Crippen LogP contribution in [0.25, 0.3) is 21.9 Å². The smallest absolute Gasteiger partial charge is 0.342 e. The molecule has 0 spiro atoms. The van der Waals surface area contributed by atoms with Crippen molar-refractivity contribution in [3.05, 3.63) is 45.6 Å². The molecule has 0 unspecified atom stereocenters. The fourth-order valence-electron chi connectivity index (χ4n) is 2.67. The van der Waals surface area contributed by atoms with E-state index in [-0.39, 0.29) is 34.1 Å². The molecule has 0 aliphatic heterocycles. The lowest BCUT2D eigenvalue weighted by Gasteiger charge is -2.10. The largest absolute Gasteiger partial charge is 0.507 e. The maximum Gasteiger partial charge on any atom is 0.342 e. The second-order valence-corrected chi connectivity index (χ2v) is 5.52. The molecule has 0 aliphatic rings. The molecule has 0 radical (unpaired) electrons. The van der Waals surface area contributed by atoms with Gasteiger partial charge in [0, 0.05) is 6.92 Å². The van der Waals surface area contributed by atoms with Gasteiger partial charge >= 0.3 is 11.9 Å². The number of carbonyl (C=O) groups excluding carboxylic acids is 2. The summed E-state index contributed by atoms with van der Waals surface area (Å²) in [6.45, 7) is 1.14. The van der Waals surface area contributed by atoms with Crippen LogP contribution in [0.1, 0.15) is 22.8 Å². The first-order chi connectivity index (χ1) is 12.3. The van der Waals surface area contributed by atoms with Crippen LogP contribution in [0.5, 0.6) is 11.5 Å². The fraction of sp³-hybridized carbons (Fsp3) is 0.167. The van der Waals surface area contributed by atoms with E-state index in [1.54, 1.807) is 0 Å². The molecular formula is C18H14O8. The highest BCUT2D eigenvalue weighted by Gasteiger charge is 2.22. The molecule has 0 atom stereocenters. The van der Waals surface area contributed by atoms with E-state index in [0.29, 0.717) is 5.56 Å². The first-order valence-corrected chi connectivity index (χ1v) is 7.49. The van der Waals surface area contributed by atoms with Gasteiger partial charge in [-0.1, -0.05) is 0 Å². The molecule has 0 saturated carbocycles. The zero-order valence-corrected chi connectivity index (χ0v) is 13.9. The Hall–Kier alpha value is -3.55. The summed E-state index contributed by atoms with van der Waals surface area (Å²) in [5.41, 5.74) is -0.548. The molecule has 0 fully saturated rings. The normalized spacial score (nSPS) is 10.8. The summed E-state index contributed by atoms with van der Waals surface area (Å²) in [4.78, 5) is 35.7. The van der Waals surface area contributed by atoms with Crippen molar-refractivity contribution in [1.29, 1.82) is 0 Å². The molecule has 0 saturated heterocycles. The van der Waals surface area contributed by atoms with E-state index in [9.17, 15) is 24.6 Å². The van der Waals surface area contributed by atoms with E-state index in [0.717, 1.165) is 7.11 Å². The number of methoxy groups -OCH3 is 1. The van der Waals surface area contributed by atoms with Crippen LogP contribution in [0.4, 0.5) is 0 Å². The minimum Gasteiger partial charge on any atom is -0.507 e. The predicted molar refractivity (Wildman–Crippen MR) is 90.1 cm³/mol. The molecule has 1 heterocycles. The molecule has 3 aromatic rings. The summed E-state index contributed by atoms with van der Waals surface area (Å²) >= 11 is 0. The summed E-state index contributed by atoms with van der Waals surface area (Å²) < 4.78 is 15.1. The highest BCUT2D eigenvalue weighted by molar-refractivity contribution is 6.08. The Kier molecular flexibility index (Phi) is 4.25. The highest BCUT2D eigenvalue weighted by atomic mass is 16.5. The van der Waals surface area contributed by atoms with E-state index in [1.807, 2.05) is 0 Å². The molecule has 3 rings (SSSR count). The van der Waals surface area contributed by atoms with E-state index in [2.05, 4.69) is 4.74 Å². The van der Waals surface area contributed by atoms with Gasteiger partial charge in [-0.2, -0.15) is 0 Å². The average molecular weight is 358 g/mol. The molecular weight excluding hydrogens is 344 g/mol. The predicted octanol–water partition coefficient (Wildman–Crippen LogP) is 2.21. The number of esters is 2. The maximum atomic E-state index is 12.9. The summed E-state index contributed by atoms with van der Waals surface area (Å²) in [6.07, 6.45) is 0. The zero-order chi connectivity index (χ0) is 19.0. The lowest BCUT2D eigenvalue weighted by Crippen LogP contribution is -2.11. The van der Waals surface area contributed by atoms with Crippen molar-refractivity contribution >= 4 is 33.9 Å². The maximum absolute atomic E-state index is 12.9.